The largest absolute Gasteiger partial charge is 1.00 e. The smallest absolute Gasteiger partial charge is 0.119 e. The maximum absolute atomic E-state index is 5.45. The molecule has 0 spiro atoms. The summed E-state index contributed by atoms with van der Waals surface area (Å²) in [6.45, 7) is 9.03. The van der Waals surface area contributed by atoms with Crippen molar-refractivity contribution in [2.75, 3.05) is 26.7 Å². The van der Waals surface area contributed by atoms with E-state index in [-0.39, 0.29) is 12.4 Å². The molecule has 1 heterocycles. The van der Waals surface area contributed by atoms with E-state index in [2.05, 4.69) is 32.0 Å². The van der Waals surface area contributed by atoms with Gasteiger partial charge in [0.05, 0.1) is 26.7 Å². The van der Waals surface area contributed by atoms with Crippen LogP contribution in [0.5, 0.6) is 5.75 Å². The highest BCUT2D eigenvalue weighted by Crippen LogP contribution is 2.37. The van der Waals surface area contributed by atoms with Crippen LogP contribution in [-0.2, 0) is 6.42 Å². The van der Waals surface area contributed by atoms with E-state index in [0.717, 1.165) is 11.7 Å². The van der Waals surface area contributed by atoms with Gasteiger partial charge in [0.25, 0.3) is 0 Å². The Hall–Kier alpha value is -0.730. The number of nitrogens with one attached hydrogen (secondary N) is 1. The minimum atomic E-state index is 0. The molecule has 0 saturated carbocycles. The van der Waals surface area contributed by atoms with E-state index in [1.54, 1.807) is 18.2 Å². The van der Waals surface area contributed by atoms with Gasteiger partial charge in [0.2, 0.25) is 0 Å². The Morgan fingerprint density at radius 1 is 1.20 bits per heavy atom. The van der Waals surface area contributed by atoms with Gasteiger partial charge in [-0.15, -0.1) is 0 Å². The number of likely N-dealkylation sites (tertiary alicyclic amines) is 1. The zero-order valence-corrected chi connectivity index (χ0v) is 17.1. The van der Waals surface area contributed by atoms with Crippen LogP contribution in [0.15, 0.2) is 18.2 Å². The van der Waals surface area contributed by atoms with Gasteiger partial charge < -0.3 is 22.0 Å². The molecule has 2 aliphatic rings. The SMILES string of the molecule is COc1ccc2c(c1)C(CCCC[NH+]1CCCC(C)(C)C1)CCC2.[Cl-]. The second-order valence-electron chi connectivity index (χ2n) is 8.84. The van der Waals surface area contributed by atoms with Crippen molar-refractivity contribution in [3.8, 4) is 5.75 Å². The Morgan fingerprint density at radius 2 is 2.04 bits per heavy atom. The van der Waals surface area contributed by atoms with Crippen molar-refractivity contribution < 1.29 is 22.0 Å². The molecule has 1 saturated heterocycles. The summed E-state index contributed by atoms with van der Waals surface area (Å²) in [7, 11) is 1.78. The van der Waals surface area contributed by atoms with Gasteiger partial charge in [-0.1, -0.05) is 19.9 Å². The van der Waals surface area contributed by atoms with E-state index >= 15 is 0 Å². The highest BCUT2D eigenvalue weighted by atomic mass is 35.5. The van der Waals surface area contributed by atoms with Crippen LogP contribution in [0.2, 0.25) is 0 Å². The summed E-state index contributed by atoms with van der Waals surface area (Å²) in [6.07, 6.45) is 10.9. The summed E-state index contributed by atoms with van der Waals surface area (Å²) in [5.74, 6) is 1.79. The third-order valence-electron chi connectivity index (χ3n) is 6.24. The molecule has 0 bridgehead atoms. The standard InChI is InChI=1S/C22H35NO.ClH/c1-22(2)13-7-15-23(17-22)14-5-4-8-18-9-6-10-19-11-12-20(24-3)16-21(18)19;/h11-12,16,18H,4-10,13-15,17H2,1-3H3;1H. The van der Waals surface area contributed by atoms with Crippen molar-refractivity contribution in [3.05, 3.63) is 29.3 Å². The second kappa shape index (κ2) is 9.28. The van der Waals surface area contributed by atoms with Crippen molar-refractivity contribution in [2.24, 2.45) is 5.41 Å². The van der Waals surface area contributed by atoms with E-state index in [4.69, 9.17) is 4.74 Å². The van der Waals surface area contributed by atoms with Gasteiger partial charge in [-0.2, -0.15) is 0 Å². The van der Waals surface area contributed by atoms with Gasteiger partial charge in [0, 0.05) is 5.41 Å². The summed E-state index contributed by atoms with van der Waals surface area (Å²) in [4.78, 5) is 1.84. The molecule has 0 aromatic heterocycles. The summed E-state index contributed by atoms with van der Waals surface area (Å²) in [5.41, 5.74) is 3.70. The fraction of sp³-hybridized carbons (Fsp3) is 0.727. The summed E-state index contributed by atoms with van der Waals surface area (Å²) < 4.78 is 5.45. The molecule has 1 aromatic carbocycles. The molecule has 1 fully saturated rings. The number of halogens is 1. The number of hydrogen-bond donors (Lipinski definition) is 1. The van der Waals surface area contributed by atoms with Gasteiger partial charge >= 0.3 is 0 Å². The quantitative estimate of drug-likeness (QED) is 0.742. The number of ether oxygens (including phenoxy) is 1. The van der Waals surface area contributed by atoms with E-state index in [9.17, 15) is 0 Å². The van der Waals surface area contributed by atoms with Crippen molar-refractivity contribution in [1.29, 1.82) is 0 Å². The highest BCUT2D eigenvalue weighted by Gasteiger charge is 2.29. The van der Waals surface area contributed by atoms with Crippen LogP contribution in [0.4, 0.5) is 0 Å². The lowest BCUT2D eigenvalue weighted by molar-refractivity contribution is -0.912. The average Bonchev–Trinajstić information content (AvgIpc) is 2.57. The molecular weight excluding hydrogens is 330 g/mol. The Labute approximate surface area is 160 Å². The number of quaternary nitrogens is 1. The topological polar surface area (TPSA) is 13.7 Å². The Kier molecular flexibility index (Phi) is 7.64. The van der Waals surface area contributed by atoms with Gasteiger partial charge in [-0.05, 0) is 80.5 Å². The number of piperidine rings is 1. The number of hydrogen-bond acceptors (Lipinski definition) is 1. The summed E-state index contributed by atoms with van der Waals surface area (Å²) in [6, 6.07) is 6.72. The third kappa shape index (κ3) is 5.62. The zero-order valence-electron chi connectivity index (χ0n) is 16.4. The normalized spacial score (nSPS) is 24.9. The van der Waals surface area contributed by atoms with Crippen LogP contribution in [0, 0.1) is 5.41 Å². The molecule has 2 nitrogen and oxygen atoms in total. The van der Waals surface area contributed by atoms with Gasteiger partial charge in [0.1, 0.15) is 5.75 Å². The highest BCUT2D eigenvalue weighted by molar-refractivity contribution is 5.39. The molecule has 2 unspecified atom stereocenters. The minimum Gasteiger partial charge on any atom is -1.00 e. The molecule has 3 heteroatoms. The van der Waals surface area contributed by atoms with E-state index < -0.39 is 0 Å². The molecule has 1 aromatic rings. The van der Waals surface area contributed by atoms with Crippen LogP contribution < -0.4 is 22.0 Å². The molecule has 1 N–H and O–H groups in total. The van der Waals surface area contributed by atoms with Crippen molar-refractivity contribution in [3.63, 3.8) is 0 Å². The van der Waals surface area contributed by atoms with Gasteiger partial charge in [-0.3, -0.25) is 0 Å². The molecule has 1 aliphatic carbocycles. The molecule has 25 heavy (non-hydrogen) atoms. The predicted octanol–water partition coefficient (Wildman–Crippen LogP) is 0.994. The van der Waals surface area contributed by atoms with Gasteiger partial charge in [0.15, 0.2) is 0 Å². The van der Waals surface area contributed by atoms with Crippen molar-refractivity contribution in [1.82, 2.24) is 0 Å². The van der Waals surface area contributed by atoms with E-state index in [1.165, 1.54) is 71.0 Å². The van der Waals surface area contributed by atoms with E-state index in [0.29, 0.717) is 5.41 Å². The van der Waals surface area contributed by atoms with Crippen LogP contribution in [0.1, 0.15) is 75.8 Å². The maximum atomic E-state index is 5.45. The predicted molar refractivity (Wildman–Crippen MR) is 101 cm³/mol. The number of rotatable bonds is 6. The van der Waals surface area contributed by atoms with Crippen molar-refractivity contribution >= 4 is 0 Å². The fourth-order valence-corrected chi connectivity index (χ4v) is 4.95. The molecule has 0 amide bonds. The maximum Gasteiger partial charge on any atom is 0.119 e. The summed E-state index contributed by atoms with van der Waals surface area (Å²) in [5, 5.41) is 0. The first-order valence-corrected chi connectivity index (χ1v) is 10.1. The van der Waals surface area contributed by atoms with Gasteiger partial charge in [-0.25, -0.2) is 0 Å². The first-order valence-electron chi connectivity index (χ1n) is 10.1. The van der Waals surface area contributed by atoms with Crippen molar-refractivity contribution in [2.45, 2.75) is 71.1 Å². The first-order chi connectivity index (χ1) is 11.6. The van der Waals surface area contributed by atoms with E-state index in [1.807, 2.05) is 4.90 Å². The Balaban J connectivity index is 0.00000225. The molecular formula is C22H36ClNO. The van der Waals surface area contributed by atoms with Crippen LogP contribution in [0.3, 0.4) is 0 Å². The molecule has 2 atom stereocenters. The fourth-order valence-electron chi connectivity index (χ4n) is 4.95. The third-order valence-corrected chi connectivity index (χ3v) is 6.24. The van der Waals surface area contributed by atoms with Crippen LogP contribution in [0.25, 0.3) is 0 Å². The number of fused-ring (bicyclic) bond motifs is 1. The Bertz CT molecular complexity index is 543. The average molecular weight is 366 g/mol. The van der Waals surface area contributed by atoms with Crippen LogP contribution in [-0.4, -0.2) is 26.7 Å². The first kappa shape index (κ1) is 20.6. The monoisotopic (exact) mass is 365 g/mol. The lowest BCUT2D eigenvalue weighted by Crippen LogP contribution is -3.14. The minimum absolute atomic E-state index is 0. The van der Waals surface area contributed by atoms with Crippen LogP contribution >= 0.6 is 0 Å². The Morgan fingerprint density at radius 3 is 2.80 bits per heavy atom. The molecule has 0 radical (unpaired) electrons. The lowest BCUT2D eigenvalue weighted by Gasteiger charge is -2.35. The number of methoxy groups -OCH3 is 1. The molecule has 1 aliphatic heterocycles. The lowest BCUT2D eigenvalue weighted by atomic mass is 9.80. The zero-order chi connectivity index (χ0) is 17.0. The molecule has 3 rings (SSSR count). The second-order valence-corrected chi connectivity index (χ2v) is 8.84. The number of unbranched alkanes of at least 4 members (excludes halogenated alkanes) is 1. The number of benzene rings is 1. The number of aryl methyl sites for hydroxylation is 1. The summed E-state index contributed by atoms with van der Waals surface area (Å²) >= 11 is 0. The molecule has 142 valence electrons.